The molecule has 0 aliphatic carbocycles. The molecule has 134 valence electrons. The smallest absolute Gasteiger partial charge is 0.261 e. The summed E-state index contributed by atoms with van der Waals surface area (Å²) in [5.74, 6) is 1.58. The zero-order valence-electron chi connectivity index (χ0n) is 15.0. The summed E-state index contributed by atoms with van der Waals surface area (Å²) in [6.07, 6.45) is 1.90. The Labute approximate surface area is 150 Å². The van der Waals surface area contributed by atoms with Crippen LogP contribution in [0.25, 0.3) is 0 Å². The Hall–Kier alpha value is -2.49. The SMILES string of the molecule is CCOc1ccccc1CCCNC(=O)C(CC)Oc1ccccc1. The number of hydrogen-bond acceptors (Lipinski definition) is 3. The molecular weight excluding hydrogens is 314 g/mol. The lowest BCUT2D eigenvalue weighted by atomic mass is 10.1. The molecule has 0 radical (unpaired) electrons. The maximum Gasteiger partial charge on any atom is 0.261 e. The number of carbonyl (C=O) groups excluding carboxylic acids is 1. The third kappa shape index (κ3) is 6.14. The van der Waals surface area contributed by atoms with Gasteiger partial charge in [-0.1, -0.05) is 43.3 Å². The minimum absolute atomic E-state index is 0.0653. The highest BCUT2D eigenvalue weighted by Crippen LogP contribution is 2.19. The van der Waals surface area contributed by atoms with Crippen molar-refractivity contribution >= 4 is 5.91 Å². The highest BCUT2D eigenvalue weighted by Gasteiger charge is 2.17. The highest BCUT2D eigenvalue weighted by atomic mass is 16.5. The molecule has 0 saturated carbocycles. The Morgan fingerprint density at radius 3 is 2.48 bits per heavy atom. The van der Waals surface area contributed by atoms with Gasteiger partial charge in [0.2, 0.25) is 0 Å². The Morgan fingerprint density at radius 1 is 1.04 bits per heavy atom. The summed E-state index contributed by atoms with van der Waals surface area (Å²) in [7, 11) is 0. The molecule has 4 nitrogen and oxygen atoms in total. The molecule has 2 rings (SSSR count). The predicted molar refractivity (Wildman–Crippen MR) is 100 cm³/mol. The van der Waals surface area contributed by atoms with Gasteiger partial charge in [-0.05, 0) is 49.9 Å². The summed E-state index contributed by atoms with van der Waals surface area (Å²) in [5.41, 5.74) is 1.17. The molecule has 0 spiro atoms. The third-order valence-electron chi connectivity index (χ3n) is 3.88. The van der Waals surface area contributed by atoms with Gasteiger partial charge in [0.25, 0.3) is 5.91 Å². The van der Waals surface area contributed by atoms with Gasteiger partial charge in [0, 0.05) is 6.54 Å². The maximum absolute atomic E-state index is 12.3. The first-order valence-electron chi connectivity index (χ1n) is 8.94. The summed E-state index contributed by atoms with van der Waals surface area (Å²) in [4.78, 5) is 12.3. The number of aryl methyl sites for hydroxylation is 1. The molecule has 25 heavy (non-hydrogen) atoms. The van der Waals surface area contributed by atoms with Crippen molar-refractivity contribution in [1.29, 1.82) is 0 Å². The van der Waals surface area contributed by atoms with Crippen molar-refractivity contribution in [2.45, 2.75) is 39.2 Å². The van der Waals surface area contributed by atoms with Crippen LogP contribution in [0.5, 0.6) is 11.5 Å². The lowest BCUT2D eigenvalue weighted by Crippen LogP contribution is -2.38. The van der Waals surface area contributed by atoms with Crippen LogP contribution < -0.4 is 14.8 Å². The molecule has 0 aromatic heterocycles. The first-order chi connectivity index (χ1) is 12.2. The summed E-state index contributed by atoms with van der Waals surface area (Å²) in [5, 5.41) is 2.97. The van der Waals surface area contributed by atoms with Gasteiger partial charge in [0.15, 0.2) is 6.10 Å². The largest absolute Gasteiger partial charge is 0.494 e. The van der Waals surface area contributed by atoms with Crippen LogP contribution in [0.2, 0.25) is 0 Å². The van der Waals surface area contributed by atoms with Crippen LogP contribution in [0.1, 0.15) is 32.3 Å². The number of benzene rings is 2. The van der Waals surface area contributed by atoms with Crippen molar-refractivity contribution in [1.82, 2.24) is 5.32 Å². The maximum atomic E-state index is 12.3. The van der Waals surface area contributed by atoms with Crippen molar-refractivity contribution in [2.24, 2.45) is 0 Å². The molecule has 4 heteroatoms. The molecule has 1 atom stereocenters. The average Bonchev–Trinajstić information content (AvgIpc) is 2.65. The number of carbonyl (C=O) groups is 1. The van der Waals surface area contributed by atoms with Crippen LogP contribution >= 0.6 is 0 Å². The van der Waals surface area contributed by atoms with Crippen LogP contribution in [0, 0.1) is 0 Å². The van der Waals surface area contributed by atoms with Crippen molar-refractivity contribution in [3.8, 4) is 11.5 Å². The second-order valence-corrected chi connectivity index (χ2v) is 5.76. The minimum Gasteiger partial charge on any atom is -0.494 e. The fraction of sp³-hybridized carbons (Fsp3) is 0.381. The number of amides is 1. The van der Waals surface area contributed by atoms with Gasteiger partial charge in [-0.25, -0.2) is 0 Å². The molecule has 1 amide bonds. The standard InChI is InChI=1S/C21H27NO3/c1-3-19(25-18-13-6-5-7-14-18)21(23)22-16-10-12-17-11-8-9-15-20(17)24-4-2/h5-9,11,13-15,19H,3-4,10,12,16H2,1-2H3,(H,22,23). The van der Waals surface area contributed by atoms with E-state index in [1.807, 2.05) is 62.4 Å². The molecule has 2 aromatic carbocycles. The van der Waals surface area contributed by atoms with Crippen LogP contribution in [0.3, 0.4) is 0 Å². The van der Waals surface area contributed by atoms with Crippen LogP contribution in [-0.2, 0) is 11.2 Å². The number of para-hydroxylation sites is 2. The van der Waals surface area contributed by atoms with E-state index in [9.17, 15) is 4.79 Å². The molecule has 0 aliphatic heterocycles. The Bertz CT molecular complexity index is 643. The van der Waals surface area contributed by atoms with Crippen LogP contribution in [-0.4, -0.2) is 25.2 Å². The van der Waals surface area contributed by atoms with Gasteiger partial charge < -0.3 is 14.8 Å². The molecule has 0 aliphatic rings. The highest BCUT2D eigenvalue weighted by molar-refractivity contribution is 5.81. The summed E-state index contributed by atoms with van der Waals surface area (Å²) in [6, 6.07) is 17.5. The first-order valence-corrected chi connectivity index (χ1v) is 8.94. The molecule has 0 fully saturated rings. The van der Waals surface area contributed by atoms with Crippen LogP contribution in [0.4, 0.5) is 0 Å². The average molecular weight is 341 g/mol. The second kappa shape index (κ2) is 10.4. The van der Waals surface area contributed by atoms with E-state index in [0.717, 1.165) is 24.3 Å². The van der Waals surface area contributed by atoms with Crippen molar-refractivity contribution in [3.63, 3.8) is 0 Å². The first kappa shape index (κ1) is 18.8. The number of ether oxygens (including phenoxy) is 2. The normalized spacial score (nSPS) is 11.6. The van der Waals surface area contributed by atoms with E-state index in [4.69, 9.17) is 9.47 Å². The topological polar surface area (TPSA) is 47.6 Å². The second-order valence-electron chi connectivity index (χ2n) is 5.76. The van der Waals surface area contributed by atoms with Crippen molar-refractivity contribution < 1.29 is 14.3 Å². The Kier molecular flexibility index (Phi) is 7.83. The number of hydrogen-bond donors (Lipinski definition) is 1. The fourth-order valence-corrected chi connectivity index (χ4v) is 2.60. The van der Waals surface area contributed by atoms with E-state index < -0.39 is 6.10 Å². The number of nitrogens with one attached hydrogen (secondary N) is 1. The Balaban J connectivity index is 1.77. The lowest BCUT2D eigenvalue weighted by molar-refractivity contribution is -0.128. The van der Waals surface area contributed by atoms with E-state index >= 15 is 0 Å². The zero-order chi connectivity index (χ0) is 17.9. The molecule has 0 heterocycles. The van der Waals surface area contributed by atoms with Gasteiger partial charge in [-0.15, -0.1) is 0 Å². The van der Waals surface area contributed by atoms with Gasteiger partial charge in [0.05, 0.1) is 6.61 Å². The summed E-state index contributed by atoms with van der Waals surface area (Å²) >= 11 is 0. The minimum atomic E-state index is -0.460. The van der Waals surface area contributed by atoms with Gasteiger partial charge >= 0.3 is 0 Å². The van der Waals surface area contributed by atoms with Crippen molar-refractivity contribution in [2.75, 3.05) is 13.2 Å². The quantitative estimate of drug-likeness (QED) is 0.665. The molecule has 0 saturated heterocycles. The predicted octanol–water partition coefficient (Wildman–Crippen LogP) is 3.99. The zero-order valence-corrected chi connectivity index (χ0v) is 15.0. The van der Waals surface area contributed by atoms with E-state index in [1.165, 1.54) is 5.56 Å². The third-order valence-corrected chi connectivity index (χ3v) is 3.88. The molecule has 2 aromatic rings. The van der Waals surface area contributed by atoms with E-state index in [1.54, 1.807) is 0 Å². The van der Waals surface area contributed by atoms with Gasteiger partial charge in [-0.3, -0.25) is 4.79 Å². The summed E-state index contributed by atoms with van der Waals surface area (Å²) in [6.45, 7) is 5.21. The number of rotatable bonds is 10. The fourth-order valence-electron chi connectivity index (χ4n) is 2.60. The molecular formula is C21H27NO3. The Morgan fingerprint density at radius 2 is 1.76 bits per heavy atom. The molecule has 0 bridgehead atoms. The van der Waals surface area contributed by atoms with Crippen molar-refractivity contribution in [3.05, 3.63) is 60.2 Å². The van der Waals surface area contributed by atoms with Crippen LogP contribution in [0.15, 0.2) is 54.6 Å². The monoisotopic (exact) mass is 341 g/mol. The van der Waals surface area contributed by atoms with Gasteiger partial charge in [-0.2, -0.15) is 0 Å². The van der Waals surface area contributed by atoms with E-state index in [2.05, 4.69) is 11.4 Å². The summed E-state index contributed by atoms with van der Waals surface area (Å²) < 4.78 is 11.4. The molecule has 1 N–H and O–H groups in total. The van der Waals surface area contributed by atoms with Gasteiger partial charge in [0.1, 0.15) is 11.5 Å². The lowest BCUT2D eigenvalue weighted by Gasteiger charge is -2.17. The van der Waals surface area contributed by atoms with E-state index in [0.29, 0.717) is 19.6 Å². The van der Waals surface area contributed by atoms with E-state index in [-0.39, 0.29) is 5.91 Å². The molecule has 1 unspecified atom stereocenters.